The number of hydrogen-bond donors (Lipinski definition) is 0. The van der Waals surface area contributed by atoms with Gasteiger partial charge in [-0.05, 0) is 31.1 Å². The number of carbonyl (C=O) groups is 2. The molecule has 94 valence electrons. The van der Waals surface area contributed by atoms with Gasteiger partial charge in [0.1, 0.15) is 0 Å². The fraction of sp³-hybridized carbons (Fsp3) is 0.846. The van der Waals surface area contributed by atoms with E-state index >= 15 is 0 Å². The van der Waals surface area contributed by atoms with Crippen LogP contribution in [0.5, 0.6) is 0 Å². The third-order valence-corrected chi connectivity index (χ3v) is 4.63. The van der Waals surface area contributed by atoms with Gasteiger partial charge in [-0.15, -0.1) is 0 Å². The molecule has 0 aliphatic carbocycles. The largest absolute Gasteiger partial charge is 0.342 e. The molecule has 0 unspecified atom stereocenters. The van der Waals surface area contributed by atoms with Crippen LogP contribution < -0.4 is 0 Å². The summed E-state index contributed by atoms with van der Waals surface area (Å²) in [6.45, 7) is 4.25. The molecule has 3 rings (SSSR count). The maximum atomic E-state index is 11.9. The van der Waals surface area contributed by atoms with Crippen LogP contribution in [0.15, 0.2) is 0 Å². The minimum atomic E-state index is 0.190. The van der Waals surface area contributed by atoms with Crippen molar-refractivity contribution < 1.29 is 9.59 Å². The smallest absolute Gasteiger partial charge is 0.222 e. The van der Waals surface area contributed by atoms with Crippen molar-refractivity contribution in [2.24, 2.45) is 11.8 Å². The van der Waals surface area contributed by atoms with Crippen molar-refractivity contribution in [2.75, 3.05) is 19.6 Å². The minimum Gasteiger partial charge on any atom is -0.342 e. The molecule has 2 bridgehead atoms. The summed E-state index contributed by atoms with van der Waals surface area (Å²) in [6, 6.07) is 0.412. The highest BCUT2D eigenvalue weighted by atomic mass is 16.2. The van der Waals surface area contributed by atoms with Gasteiger partial charge in [-0.25, -0.2) is 0 Å². The lowest BCUT2D eigenvalue weighted by Crippen LogP contribution is -2.61. The lowest BCUT2D eigenvalue weighted by Gasteiger charge is -2.52. The van der Waals surface area contributed by atoms with E-state index in [0.717, 1.165) is 38.9 Å². The number of amides is 2. The van der Waals surface area contributed by atoms with E-state index in [1.807, 2.05) is 4.90 Å². The highest BCUT2D eigenvalue weighted by Crippen LogP contribution is 2.37. The van der Waals surface area contributed by atoms with Crippen LogP contribution in [0.3, 0.4) is 0 Å². The molecule has 3 saturated heterocycles. The van der Waals surface area contributed by atoms with Crippen molar-refractivity contribution in [2.45, 2.75) is 38.6 Å². The van der Waals surface area contributed by atoms with Gasteiger partial charge in [0.05, 0.1) is 0 Å². The number of fused-ring (bicyclic) bond motifs is 4. The van der Waals surface area contributed by atoms with Gasteiger partial charge in [0, 0.05) is 39.0 Å². The molecular formula is C13H20N2O2. The Hall–Kier alpha value is -1.06. The van der Waals surface area contributed by atoms with E-state index in [2.05, 4.69) is 4.90 Å². The van der Waals surface area contributed by atoms with Crippen LogP contribution in [0.2, 0.25) is 0 Å². The molecule has 2 amide bonds. The molecule has 0 aromatic heterocycles. The Morgan fingerprint density at radius 1 is 1.29 bits per heavy atom. The first-order valence-electron chi connectivity index (χ1n) is 6.70. The molecule has 3 aliphatic rings. The highest BCUT2D eigenvalue weighted by Gasteiger charge is 2.44. The van der Waals surface area contributed by atoms with E-state index in [9.17, 15) is 9.59 Å². The molecule has 17 heavy (non-hydrogen) atoms. The Bertz CT molecular complexity index is 355. The first-order valence-corrected chi connectivity index (χ1v) is 6.70. The van der Waals surface area contributed by atoms with Crippen molar-refractivity contribution in [3.8, 4) is 0 Å². The Kier molecular flexibility index (Phi) is 2.60. The van der Waals surface area contributed by atoms with Crippen LogP contribution in [0.4, 0.5) is 0 Å². The molecule has 3 fully saturated rings. The predicted molar refractivity (Wildman–Crippen MR) is 63.2 cm³/mol. The molecule has 3 aliphatic heterocycles. The average Bonchev–Trinajstić information content (AvgIpc) is 2.30. The monoisotopic (exact) mass is 236 g/mol. The number of nitrogens with zero attached hydrogens (tertiary/aromatic N) is 2. The fourth-order valence-electron chi connectivity index (χ4n) is 3.87. The molecule has 4 heteroatoms. The number of piperidine rings is 3. The summed E-state index contributed by atoms with van der Waals surface area (Å²) < 4.78 is 0. The fourth-order valence-corrected chi connectivity index (χ4v) is 3.87. The molecule has 0 saturated carbocycles. The van der Waals surface area contributed by atoms with E-state index in [0.29, 0.717) is 23.8 Å². The van der Waals surface area contributed by atoms with Crippen molar-refractivity contribution in [3.63, 3.8) is 0 Å². The lowest BCUT2D eigenvalue weighted by atomic mass is 9.76. The van der Waals surface area contributed by atoms with Gasteiger partial charge in [0.15, 0.2) is 0 Å². The van der Waals surface area contributed by atoms with Crippen LogP contribution in [0, 0.1) is 11.8 Å². The van der Waals surface area contributed by atoms with Crippen LogP contribution >= 0.6 is 0 Å². The van der Waals surface area contributed by atoms with E-state index in [1.165, 1.54) is 6.42 Å². The van der Waals surface area contributed by atoms with E-state index in [1.54, 1.807) is 6.92 Å². The lowest BCUT2D eigenvalue weighted by molar-refractivity contribution is -0.148. The Morgan fingerprint density at radius 2 is 2.12 bits per heavy atom. The topological polar surface area (TPSA) is 40.6 Å². The minimum absolute atomic E-state index is 0.190. The first-order chi connectivity index (χ1) is 8.15. The van der Waals surface area contributed by atoms with Crippen LogP contribution in [-0.2, 0) is 9.59 Å². The summed E-state index contributed by atoms with van der Waals surface area (Å²) in [5, 5.41) is 0. The molecule has 0 aromatic carbocycles. The Labute approximate surface area is 102 Å². The summed E-state index contributed by atoms with van der Waals surface area (Å²) in [7, 11) is 0. The van der Waals surface area contributed by atoms with Crippen LogP contribution in [0.1, 0.15) is 32.6 Å². The molecule has 0 aromatic rings. The number of likely N-dealkylation sites (tertiary alicyclic amines) is 1. The summed E-state index contributed by atoms with van der Waals surface area (Å²) >= 11 is 0. The predicted octanol–water partition coefficient (Wildman–Crippen LogP) is 0.866. The molecule has 0 spiro atoms. The highest BCUT2D eigenvalue weighted by molar-refractivity contribution is 5.77. The first kappa shape index (κ1) is 11.1. The normalized spacial score (nSPS) is 36.8. The van der Waals surface area contributed by atoms with E-state index in [-0.39, 0.29) is 5.91 Å². The molecular weight excluding hydrogens is 216 g/mol. The second kappa shape index (κ2) is 4.00. The second-order valence-electron chi connectivity index (χ2n) is 5.79. The number of rotatable bonds is 0. The second-order valence-corrected chi connectivity index (χ2v) is 5.79. The molecule has 3 heterocycles. The van der Waals surface area contributed by atoms with Gasteiger partial charge < -0.3 is 9.80 Å². The van der Waals surface area contributed by atoms with Crippen LogP contribution in [-0.4, -0.2) is 47.3 Å². The van der Waals surface area contributed by atoms with E-state index < -0.39 is 0 Å². The Balaban J connectivity index is 1.79. The van der Waals surface area contributed by atoms with Gasteiger partial charge in [0.25, 0.3) is 0 Å². The molecule has 0 radical (unpaired) electrons. The SMILES string of the molecule is CC(=O)N1C[C@@H]2C[C@H](C1)[C@@H]1CCCC(=O)N1C2. The van der Waals surface area contributed by atoms with Crippen LogP contribution in [0.25, 0.3) is 0 Å². The van der Waals surface area contributed by atoms with Gasteiger partial charge in [-0.1, -0.05) is 0 Å². The maximum absolute atomic E-state index is 11.9. The molecule has 4 nitrogen and oxygen atoms in total. The van der Waals surface area contributed by atoms with Crippen molar-refractivity contribution in [1.82, 2.24) is 9.80 Å². The van der Waals surface area contributed by atoms with Gasteiger partial charge >= 0.3 is 0 Å². The quantitative estimate of drug-likeness (QED) is 0.626. The standard InChI is InChI=1S/C13H20N2O2/c1-9(16)14-6-10-5-11(8-14)12-3-2-4-13(17)15(12)7-10/h10-12H,2-8H2,1H3/t10-,11+,12-/m0/s1. The summed E-state index contributed by atoms with van der Waals surface area (Å²) in [6.07, 6.45) is 4.10. The maximum Gasteiger partial charge on any atom is 0.222 e. The molecule has 0 N–H and O–H groups in total. The third kappa shape index (κ3) is 1.83. The van der Waals surface area contributed by atoms with Gasteiger partial charge in [0.2, 0.25) is 11.8 Å². The molecule has 3 atom stereocenters. The van der Waals surface area contributed by atoms with Crippen molar-refractivity contribution in [3.05, 3.63) is 0 Å². The summed E-state index contributed by atoms with van der Waals surface area (Å²) in [4.78, 5) is 27.5. The summed E-state index contributed by atoms with van der Waals surface area (Å²) in [5.41, 5.74) is 0. The van der Waals surface area contributed by atoms with Crippen molar-refractivity contribution >= 4 is 11.8 Å². The van der Waals surface area contributed by atoms with Crippen molar-refractivity contribution in [1.29, 1.82) is 0 Å². The zero-order chi connectivity index (χ0) is 12.0. The van der Waals surface area contributed by atoms with Gasteiger partial charge in [-0.2, -0.15) is 0 Å². The average molecular weight is 236 g/mol. The van der Waals surface area contributed by atoms with Gasteiger partial charge in [-0.3, -0.25) is 9.59 Å². The number of hydrogen-bond acceptors (Lipinski definition) is 2. The zero-order valence-electron chi connectivity index (χ0n) is 10.4. The Morgan fingerprint density at radius 3 is 2.88 bits per heavy atom. The summed E-state index contributed by atoms with van der Waals surface area (Å²) in [5.74, 6) is 1.56. The zero-order valence-corrected chi connectivity index (χ0v) is 10.4. The third-order valence-electron chi connectivity index (χ3n) is 4.63. The number of carbonyl (C=O) groups excluding carboxylic acids is 2. The van der Waals surface area contributed by atoms with E-state index in [4.69, 9.17) is 0 Å².